The Balaban J connectivity index is 1.90. The Morgan fingerprint density at radius 2 is 1.75 bits per heavy atom. The number of ether oxygens (including phenoxy) is 1. The number of carbonyl (C=O) groups excluding carboxylic acids is 1. The zero-order valence-electron chi connectivity index (χ0n) is 13.0. The van der Waals surface area contributed by atoms with Gasteiger partial charge in [0.15, 0.2) is 5.75 Å². The van der Waals surface area contributed by atoms with Crippen LogP contribution in [0, 0.1) is 0 Å². The summed E-state index contributed by atoms with van der Waals surface area (Å²) in [6.07, 6.45) is 1.51. The molecule has 0 aliphatic rings. The highest BCUT2D eigenvalue weighted by Gasteiger charge is 2.17. The molecule has 0 atom stereocenters. The molecule has 0 unspecified atom stereocenters. The topological polar surface area (TPSA) is 42.4 Å². The highest BCUT2D eigenvalue weighted by molar-refractivity contribution is 6.29. The van der Waals surface area contributed by atoms with E-state index in [0.717, 1.165) is 0 Å². The van der Waals surface area contributed by atoms with Crippen LogP contribution in [-0.2, 0) is 0 Å². The number of hydrogen-bond donors (Lipinski definition) is 0. The van der Waals surface area contributed by atoms with Gasteiger partial charge in [-0.25, -0.2) is 4.98 Å². The zero-order valence-corrected chi connectivity index (χ0v) is 13.8. The van der Waals surface area contributed by atoms with Crippen LogP contribution in [0.2, 0.25) is 5.15 Å². The molecule has 0 bridgehead atoms. The van der Waals surface area contributed by atoms with E-state index in [-0.39, 0.29) is 11.1 Å². The highest BCUT2D eigenvalue weighted by atomic mass is 35.5. The number of aromatic nitrogens is 1. The van der Waals surface area contributed by atoms with Crippen LogP contribution in [0.5, 0.6) is 11.5 Å². The normalized spacial score (nSPS) is 10.2. The number of amides is 1. The lowest BCUT2D eigenvalue weighted by atomic mass is 10.2. The second kappa shape index (κ2) is 7.15. The molecule has 0 saturated carbocycles. The Hall–Kier alpha value is -2.85. The number of carbonyl (C=O) groups is 1. The van der Waals surface area contributed by atoms with Gasteiger partial charge in [-0.1, -0.05) is 41.9 Å². The van der Waals surface area contributed by atoms with Gasteiger partial charge in [-0.2, -0.15) is 0 Å². The maximum absolute atomic E-state index is 12.7. The van der Waals surface area contributed by atoms with Gasteiger partial charge < -0.3 is 9.64 Å². The summed E-state index contributed by atoms with van der Waals surface area (Å²) >= 11 is 5.87. The number of halogens is 1. The van der Waals surface area contributed by atoms with Crippen LogP contribution >= 0.6 is 11.6 Å². The van der Waals surface area contributed by atoms with Gasteiger partial charge in [0.05, 0.1) is 5.69 Å². The van der Waals surface area contributed by atoms with Gasteiger partial charge in [-0.05, 0) is 36.4 Å². The predicted octanol–water partition coefficient (Wildman–Crippen LogP) is 4.80. The van der Waals surface area contributed by atoms with E-state index in [1.165, 1.54) is 11.1 Å². The first-order chi connectivity index (χ1) is 11.6. The lowest BCUT2D eigenvalue weighted by Crippen LogP contribution is -2.26. The molecule has 4 nitrogen and oxygen atoms in total. The fourth-order valence-corrected chi connectivity index (χ4v) is 2.45. The van der Waals surface area contributed by atoms with Crippen molar-refractivity contribution in [3.63, 3.8) is 0 Å². The van der Waals surface area contributed by atoms with Gasteiger partial charge >= 0.3 is 0 Å². The molecule has 0 fully saturated rings. The molecule has 5 heteroatoms. The van der Waals surface area contributed by atoms with Gasteiger partial charge in [0, 0.05) is 18.8 Å². The summed E-state index contributed by atoms with van der Waals surface area (Å²) in [5, 5.41) is 0.281. The van der Waals surface area contributed by atoms with Crippen LogP contribution < -0.4 is 9.64 Å². The Morgan fingerprint density at radius 3 is 2.50 bits per heavy atom. The average Bonchev–Trinajstić information content (AvgIpc) is 2.62. The first-order valence-corrected chi connectivity index (χ1v) is 7.74. The Morgan fingerprint density at radius 1 is 1.04 bits per heavy atom. The molecule has 0 saturated heterocycles. The SMILES string of the molecule is CN(C(=O)c1ccnc(Cl)c1)c1ccccc1Oc1ccccc1. The summed E-state index contributed by atoms with van der Waals surface area (Å²) in [7, 11) is 1.70. The van der Waals surface area contributed by atoms with Crippen molar-refractivity contribution < 1.29 is 9.53 Å². The number of hydrogen-bond acceptors (Lipinski definition) is 3. The second-order valence-corrected chi connectivity index (χ2v) is 5.50. The lowest BCUT2D eigenvalue weighted by molar-refractivity contribution is 0.0992. The molecule has 1 heterocycles. The third-order valence-corrected chi connectivity index (χ3v) is 3.68. The van der Waals surface area contributed by atoms with E-state index < -0.39 is 0 Å². The number of nitrogens with zero attached hydrogens (tertiary/aromatic N) is 2. The minimum atomic E-state index is -0.191. The Bertz CT molecular complexity index is 853. The van der Waals surface area contributed by atoms with E-state index in [0.29, 0.717) is 22.7 Å². The summed E-state index contributed by atoms with van der Waals surface area (Å²) in [5.74, 6) is 1.11. The van der Waals surface area contributed by atoms with Gasteiger partial charge in [0.1, 0.15) is 10.9 Å². The molecule has 1 amide bonds. The van der Waals surface area contributed by atoms with Gasteiger partial charge in [-0.15, -0.1) is 0 Å². The first-order valence-electron chi connectivity index (χ1n) is 7.36. The van der Waals surface area contributed by atoms with E-state index in [4.69, 9.17) is 16.3 Å². The molecule has 120 valence electrons. The van der Waals surface area contributed by atoms with Crippen molar-refractivity contribution in [1.82, 2.24) is 4.98 Å². The molecule has 3 rings (SSSR count). The van der Waals surface area contributed by atoms with E-state index in [9.17, 15) is 4.79 Å². The molecule has 0 aliphatic carbocycles. The number of anilines is 1. The molecule has 3 aromatic rings. The number of benzene rings is 2. The van der Waals surface area contributed by atoms with Crippen LogP contribution in [0.25, 0.3) is 0 Å². The van der Waals surface area contributed by atoms with Gasteiger partial charge in [0.2, 0.25) is 0 Å². The van der Waals surface area contributed by atoms with Crippen LogP contribution in [0.1, 0.15) is 10.4 Å². The monoisotopic (exact) mass is 338 g/mol. The third-order valence-electron chi connectivity index (χ3n) is 3.48. The molecule has 0 spiro atoms. The maximum Gasteiger partial charge on any atom is 0.258 e. The van der Waals surface area contributed by atoms with Crippen molar-refractivity contribution in [2.45, 2.75) is 0 Å². The third kappa shape index (κ3) is 3.55. The van der Waals surface area contributed by atoms with Crippen LogP contribution in [-0.4, -0.2) is 17.9 Å². The molecular formula is C19H15ClN2O2. The summed E-state index contributed by atoms with van der Waals surface area (Å²) in [5.41, 5.74) is 1.13. The minimum Gasteiger partial charge on any atom is -0.455 e. The van der Waals surface area contributed by atoms with Crippen molar-refractivity contribution in [1.29, 1.82) is 0 Å². The fourth-order valence-electron chi connectivity index (χ4n) is 2.27. The number of para-hydroxylation sites is 3. The van der Waals surface area contributed by atoms with Crippen LogP contribution in [0.4, 0.5) is 5.69 Å². The van der Waals surface area contributed by atoms with E-state index in [1.807, 2.05) is 54.6 Å². The first kappa shape index (κ1) is 16.0. The van der Waals surface area contributed by atoms with Gasteiger partial charge in [-0.3, -0.25) is 4.79 Å². The number of pyridine rings is 1. The summed E-state index contributed by atoms with van der Waals surface area (Å²) < 4.78 is 5.91. The lowest BCUT2D eigenvalue weighted by Gasteiger charge is -2.20. The smallest absolute Gasteiger partial charge is 0.258 e. The maximum atomic E-state index is 12.7. The molecule has 0 aliphatic heterocycles. The molecule has 24 heavy (non-hydrogen) atoms. The molecule has 0 radical (unpaired) electrons. The van der Waals surface area contributed by atoms with Crippen LogP contribution in [0.15, 0.2) is 72.9 Å². The summed E-state index contributed by atoms with van der Waals surface area (Å²) in [6.45, 7) is 0. The summed E-state index contributed by atoms with van der Waals surface area (Å²) in [4.78, 5) is 18.1. The molecule has 2 aromatic carbocycles. The molecule has 1 aromatic heterocycles. The summed E-state index contributed by atoms with van der Waals surface area (Å²) in [6, 6.07) is 20.0. The highest BCUT2D eigenvalue weighted by Crippen LogP contribution is 2.32. The van der Waals surface area contributed by atoms with Gasteiger partial charge in [0.25, 0.3) is 5.91 Å². The van der Waals surface area contributed by atoms with Crippen molar-refractivity contribution >= 4 is 23.2 Å². The zero-order chi connectivity index (χ0) is 16.9. The fraction of sp³-hybridized carbons (Fsp3) is 0.0526. The van der Waals surface area contributed by atoms with E-state index >= 15 is 0 Å². The molecule has 0 N–H and O–H groups in total. The second-order valence-electron chi connectivity index (χ2n) is 5.11. The van der Waals surface area contributed by atoms with Crippen molar-refractivity contribution in [2.75, 3.05) is 11.9 Å². The standard InChI is InChI=1S/C19H15ClN2O2/c1-22(19(23)14-11-12-21-18(20)13-14)16-9-5-6-10-17(16)24-15-7-3-2-4-8-15/h2-13H,1H3. The Kier molecular flexibility index (Phi) is 4.77. The predicted molar refractivity (Wildman–Crippen MR) is 94.9 cm³/mol. The van der Waals surface area contributed by atoms with Crippen LogP contribution in [0.3, 0.4) is 0 Å². The number of rotatable bonds is 4. The Labute approximate surface area is 145 Å². The van der Waals surface area contributed by atoms with Crippen molar-refractivity contribution in [3.05, 3.63) is 83.6 Å². The minimum absolute atomic E-state index is 0.191. The van der Waals surface area contributed by atoms with E-state index in [1.54, 1.807) is 19.2 Å². The molecular weight excluding hydrogens is 324 g/mol. The van der Waals surface area contributed by atoms with Crippen molar-refractivity contribution in [3.8, 4) is 11.5 Å². The van der Waals surface area contributed by atoms with E-state index in [2.05, 4.69) is 4.98 Å². The largest absolute Gasteiger partial charge is 0.455 e. The quantitative estimate of drug-likeness (QED) is 0.641. The average molecular weight is 339 g/mol. The van der Waals surface area contributed by atoms with Crippen molar-refractivity contribution in [2.24, 2.45) is 0 Å².